The van der Waals surface area contributed by atoms with Gasteiger partial charge >= 0.3 is 11.9 Å². The van der Waals surface area contributed by atoms with E-state index in [-0.39, 0.29) is 18.3 Å². The Hall–Kier alpha value is -2.82. The van der Waals surface area contributed by atoms with Gasteiger partial charge in [0.1, 0.15) is 11.5 Å². The zero-order chi connectivity index (χ0) is 17.8. The molecule has 0 aliphatic heterocycles. The van der Waals surface area contributed by atoms with Gasteiger partial charge in [-0.3, -0.25) is 9.59 Å². The molecule has 5 heteroatoms. The van der Waals surface area contributed by atoms with Gasteiger partial charge in [0.2, 0.25) is 0 Å². The van der Waals surface area contributed by atoms with E-state index in [0.717, 1.165) is 5.56 Å². The van der Waals surface area contributed by atoms with Crippen molar-refractivity contribution in [3.63, 3.8) is 0 Å². The highest BCUT2D eigenvalue weighted by molar-refractivity contribution is 5.74. The quantitative estimate of drug-likeness (QED) is 0.754. The SMILES string of the molecule is O=C(O)CCC(c1ccccc1Oc1ccccc1)C1CC1C(=O)O. The molecule has 0 radical (unpaired) electrons. The first-order valence-corrected chi connectivity index (χ1v) is 8.32. The van der Waals surface area contributed by atoms with Crippen LogP contribution in [0.15, 0.2) is 54.6 Å². The Labute approximate surface area is 145 Å². The number of carboxylic acid groups (broad SMARTS) is 2. The third-order valence-electron chi connectivity index (χ3n) is 4.63. The number of hydrogen-bond acceptors (Lipinski definition) is 3. The van der Waals surface area contributed by atoms with Crippen LogP contribution in [0.25, 0.3) is 0 Å². The molecule has 1 fully saturated rings. The van der Waals surface area contributed by atoms with Gasteiger partial charge in [0.05, 0.1) is 5.92 Å². The molecule has 0 saturated heterocycles. The van der Waals surface area contributed by atoms with Gasteiger partial charge in [-0.15, -0.1) is 0 Å². The number of hydrogen-bond donors (Lipinski definition) is 2. The maximum atomic E-state index is 11.3. The van der Waals surface area contributed by atoms with Gasteiger partial charge in [-0.05, 0) is 48.4 Å². The zero-order valence-corrected chi connectivity index (χ0v) is 13.7. The van der Waals surface area contributed by atoms with E-state index in [0.29, 0.717) is 24.3 Å². The lowest BCUT2D eigenvalue weighted by Gasteiger charge is -2.20. The zero-order valence-electron chi connectivity index (χ0n) is 13.7. The van der Waals surface area contributed by atoms with Crippen LogP contribution in [0, 0.1) is 11.8 Å². The molecule has 0 aromatic heterocycles. The monoisotopic (exact) mass is 340 g/mol. The first-order valence-electron chi connectivity index (χ1n) is 8.32. The summed E-state index contributed by atoms with van der Waals surface area (Å²) in [5, 5.41) is 18.3. The van der Waals surface area contributed by atoms with E-state index in [1.165, 1.54) is 0 Å². The molecule has 2 aromatic carbocycles. The standard InChI is InChI=1S/C20H20O5/c21-19(22)11-10-14(16-12-17(16)20(23)24)15-8-4-5-9-18(15)25-13-6-2-1-3-7-13/h1-9,14,16-17H,10-12H2,(H,21,22)(H,23,24). The predicted octanol–water partition coefficient (Wildman–Crippen LogP) is 4.15. The fraction of sp³-hybridized carbons (Fsp3) is 0.300. The van der Waals surface area contributed by atoms with Crippen molar-refractivity contribution < 1.29 is 24.5 Å². The van der Waals surface area contributed by atoms with E-state index >= 15 is 0 Å². The summed E-state index contributed by atoms with van der Waals surface area (Å²) in [5.74, 6) is -0.929. The number of ether oxygens (including phenoxy) is 1. The van der Waals surface area contributed by atoms with E-state index in [2.05, 4.69) is 0 Å². The minimum atomic E-state index is -0.876. The van der Waals surface area contributed by atoms with Crippen molar-refractivity contribution in [3.05, 3.63) is 60.2 Å². The molecule has 2 N–H and O–H groups in total. The van der Waals surface area contributed by atoms with Crippen molar-refractivity contribution in [2.45, 2.75) is 25.2 Å². The summed E-state index contributed by atoms with van der Waals surface area (Å²) in [6.45, 7) is 0. The molecule has 5 nitrogen and oxygen atoms in total. The summed E-state index contributed by atoms with van der Waals surface area (Å²) < 4.78 is 5.98. The summed E-state index contributed by atoms with van der Waals surface area (Å²) in [4.78, 5) is 22.3. The Bertz CT molecular complexity index is 756. The minimum absolute atomic E-state index is 0.00712. The van der Waals surface area contributed by atoms with Gasteiger partial charge in [0.25, 0.3) is 0 Å². The first-order chi connectivity index (χ1) is 12.1. The molecule has 3 unspecified atom stereocenters. The third-order valence-corrected chi connectivity index (χ3v) is 4.63. The lowest BCUT2D eigenvalue weighted by atomic mass is 9.88. The molecule has 1 aliphatic rings. The second-order valence-electron chi connectivity index (χ2n) is 6.34. The van der Waals surface area contributed by atoms with Crippen LogP contribution in [0.1, 0.15) is 30.7 Å². The van der Waals surface area contributed by atoms with Crippen LogP contribution < -0.4 is 4.74 Å². The van der Waals surface area contributed by atoms with Crippen LogP contribution in [0.5, 0.6) is 11.5 Å². The molecule has 3 rings (SSSR count). The van der Waals surface area contributed by atoms with Crippen LogP contribution in [0.4, 0.5) is 0 Å². The number of benzene rings is 2. The van der Waals surface area contributed by atoms with Crippen molar-refractivity contribution in [2.75, 3.05) is 0 Å². The van der Waals surface area contributed by atoms with Gasteiger partial charge in [-0.2, -0.15) is 0 Å². The Balaban J connectivity index is 1.87. The van der Waals surface area contributed by atoms with E-state index < -0.39 is 17.9 Å². The van der Waals surface area contributed by atoms with Crippen molar-refractivity contribution >= 4 is 11.9 Å². The van der Waals surface area contributed by atoms with E-state index in [4.69, 9.17) is 9.84 Å². The van der Waals surface area contributed by atoms with E-state index in [1.54, 1.807) is 0 Å². The predicted molar refractivity (Wildman–Crippen MR) is 91.8 cm³/mol. The maximum absolute atomic E-state index is 11.3. The van der Waals surface area contributed by atoms with Crippen LogP contribution in [-0.2, 0) is 9.59 Å². The summed E-state index contributed by atoms with van der Waals surface area (Å²) in [6, 6.07) is 16.8. The second-order valence-corrected chi connectivity index (χ2v) is 6.34. The van der Waals surface area contributed by atoms with Crippen LogP contribution in [0.2, 0.25) is 0 Å². The van der Waals surface area contributed by atoms with Gasteiger partial charge in [-0.1, -0.05) is 36.4 Å². The number of aliphatic carboxylic acids is 2. The summed E-state index contributed by atoms with van der Waals surface area (Å²) in [7, 11) is 0. The Morgan fingerprint density at radius 2 is 1.72 bits per heavy atom. The molecule has 25 heavy (non-hydrogen) atoms. The Morgan fingerprint density at radius 1 is 1.04 bits per heavy atom. The summed E-state index contributed by atoms with van der Waals surface area (Å²) >= 11 is 0. The number of para-hydroxylation sites is 2. The van der Waals surface area contributed by atoms with Crippen LogP contribution in [0.3, 0.4) is 0 Å². The maximum Gasteiger partial charge on any atom is 0.306 e. The largest absolute Gasteiger partial charge is 0.481 e. The molecule has 0 amide bonds. The first kappa shape index (κ1) is 17.0. The fourth-order valence-electron chi connectivity index (χ4n) is 3.32. The van der Waals surface area contributed by atoms with Gasteiger partial charge in [-0.25, -0.2) is 0 Å². The van der Waals surface area contributed by atoms with Gasteiger partial charge < -0.3 is 14.9 Å². The lowest BCUT2D eigenvalue weighted by molar-refractivity contribution is -0.139. The normalized spacial score (nSPS) is 19.8. The van der Waals surface area contributed by atoms with Crippen LogP contribution in [-0.4, -0.2) is 22.2 Å². The Kier molecular flexibility index (Phi) is 5.03. The lowest BCUT2D eigenvalue weighted by Crippen LogP contribution is -2.10. The smallest absolute Gasteiger partial charge is 0.306 e. The molecule has 0 heterocycles. The molecule has 130 valence electrons. The molecule has 1 aliphatic carbocycles. The van der Waals surface area contributed by atoms with Crippen molar-refractivity contribution in [1.82, 2.24) is 0 Å². The molecule has 0 spiro atoms. The molecule has 2 aromatic rings. The highest BCUT2D eigenvalue weighted by atomic mass is 16.5. The fourth-order valence-corrected chi connectivity index (χ4v) is 3.32. The van der Waals surface area contributed by atoms with Crippen molar-refractivity contribution in [1.29, 1.82) is 0 Å². The van der Waals surface area contributed by atoms with Gasteiger partial charge in [0, 0.05) is 6.42 Å². The van der Waals surface area contributed by atoms with Gasteiger partial charge in [0.15, 0.2) is 0 Å². The number of carbonyl (C=O) groups is 2. The topological polar surface area (TPSA) is 83.8 Å². The molecule has 0 bridgehead atoms. The van der Waals surface area contributed by atoms with E-state index in [9.17, 15) is 14.7 Å². The van der Waals surface area contributed by atoms with E-state index in [1.807, 2.05) is 54.6 Å². The molecule has 3 atom stereocenters. The third kappa shape index (κ3) is 4.18. The number of rotatable bonds is 8. The molecular weight excluding hydrogens is 320 g/mol. The average molecular weight is 340 g/mol. The summed E-state index contributed by atoms with van der Waals surface area (Å²) in [5.41, 5.74) is 0.876. The van der Waals surface area contributed by atoms with Crippen molar-refractivity contribution in [3.8, 4) is 11.5 Å². The highest BCUT2D eigenvalue weighted by Gasteiger charge is 2.48. The molecule has 1 saturated carbocycles. The summed E-state index contributed by atoms with van der Waals surface area (Å²) in [6.07, 6.45) is 0.991. The van der Waals surface area contributed by atoms with Crippen LogP contribution >= 0.6 is 0 Å². The average Bonchev–Trinajstić information content (AvgIpc) is 3.38. The minimum Gasteiger partial charge on any atom is -0.481 e. The molecular formula is C20H20O5. The number of carboxylic acids is 2. The van der Waals surface area contributed by atoms with Crippen molar-refractivity contribution in [2.24, 2.45) is 11.8 Å². The Morgan fingerprint density at radius 3 is 2.36 bits per heavy atom. The second kappa shape index (κ2) is 7.38. The highest BCUT2D eigenvalue weighted by Crippen LogP contribution is 2.52.